The van der Waals surface area contributed by atoms with Crippen molar-refractivity contribution in [3.63, 3.8) is 0 Å². The molecular weight excluding hydrogens is 278 g/mol. The molecule has 0 atom stereocenters. The molecule has 0 aromatic heterocycles. The summed E-state index contributed by atoms with van der Waals surface area (Å²) >= 11 is 0. The molecule has 0 N–H and O–H groups in total. The van der Waals surface area contributed by atoms with Gasteiger partial charge in [-0.15, -0.1) is 0 Å². The maximum Gasteiger partial charge on any atom is 0.253 e. The molecule has 0 spiro atoms. The van der Waals surface area contributed by atoms with Crippen molar-refractivity contribution < 1.29 is 14.3 Å². The second kappa shape index (κ2) is 8.20. The molecule has 0 aliphatic heterocycles. The molecule has 116 valence electrons. The molecule has 2 aromatic rings. The first-order valence-corrected chi connectivity index (χ1v) is 7.28. The number of benzene rings is 2. The molecule has 2 rings (SSSR count). The highest BCUT2D eigenvalue weighted by Gasteiger charge is 2.11. The van der Waals surface area contributed by atoms with E-state index in [0.717, 1.165) is 12.2 Å². The van der Waals surface area contributed by atoms with E-state index in [1.165, 1.54) is 0 Å². The van der Waals surface area contributed by atoms with E-state index in [-0.39, 0.29) is 5.91 Å². The smallest absolute Gasteiger partial charge is 0.253 e. The molecule has 4 nitrogen and oxygen atoms in total. The fraction of sp³-hybridized carbons (Fsp3) is 0.278. The Morgan fingerprint density at radius 3 is 2.27 bits per heavy atom. The number of hydrogen-bond donors (Lipinski definition) is 0. The maximum absolute atomic E-state index is 12.3. The summed E-state index contributed by atoms with van der Waals surface area (Å²) in [4.78, 5) is 14.0. The Labute approximate surface area is 131 Å². The third-order valence-corrected chi connectivity index (χ3v) is 3.27. The molecule has 0 aliphatic carbocycles. The van der Waals surface area contributed by atoms with Crippen LogP contribution in [0.1, 0.15) is 16.8 Å². The van der Waals surface area contributed by atoms with Gasteiger partial charge in [0.1, 0.15) is 11.5 Å². The summed E-state index contributed by atoms with van der Waals surface area (Å²) in [5.74, 6) is 1.49. The average Bonchev–Trinajstić information content (AvgIpc) is 2.56. The lowest BCUT2D eigenvalue weighted by Crippen LogP contribution is -2.28. The quantitative estimate of drug-likeness (QED) is 0.733. The Bertz CT molecular complexity index is 581. The second-order valence-electron chi connectivity index (χ2n) is 5.01. The number of methoxy groups -OCH3 is 1. The predicted octanol–water partition coefficient (Wildman–Crippen LogP) is 3.59. The van der Waals surface area contributed by atoms with Crippen molar-refractivity contribution in [2.45, 2.75) is 6.42 Å². The van der Waals surface area contributed by atoms with E-state index in [9.17, 15) is 4.79 Å². The monoisotopic (exact) mass is 299 g/mol. The lowest BCUT2D eigenvalue weighted by atomic mass is 10.2. The van der Waals surface area contributed by atoms with Crippen LogP contribution in [0.2, 0.25) is 0 Å². The molecule has 4 heteroatoms. The summed E-state index contributed by atoms with van der Waals surface area (Å²) in [6, 6.07) is 16.7. The molecule has 0 radical (unpaired) electrons. The highest BCUT2D eigenvalue weighted by atomic mass is 16.5. The van der Waals surface area contributed by atoms with Gasteiger partial charge < -0.3 is 14.4 Å². The van der Waals surface area contributed by atoms with E-state index in [0.29, 0.717) is 24.5 Å². The molecule has 1 amide bonds. The standard InChI is InChI=1S/C18H21NO3/c1-19(13-6-14-21-2)18(20)15-9-11-17(12-10-15)22-16-7-4-3-5-8-16/h3-5,7-12H,6,13-14H2,1-2H3. The molecule has 0 unspecified atom stereocenters. The second-order valence-corrected chi connectivity index (χ2v) is 5.01. The van der Waals surface area contributed by atoms with Gasteiger partial charge in [0.05, 0.1) is 0 Å². The molecule has 0 fully saturated rings. The minimum Gasteiger partial charge on any atom is -0.457 e. The molecule has 0 bridgehead atoms. The van der Waals surface area contributed by atoms with E-state index >= 15 is 0 Å². The minimum atomic E-state index is 0.00219. The maximum atomic E-state index is 12.3. The van der Waals surface area contributed by atoms with Gasteiger partial charge in [-0.05, 0) is 42.8 Å². The first kappa shape index (κ1) is 16.0. The number of rotatable bonds is 7. The van der Waals surface area contributed by atoms with Gasteiger partial charge in [-0.1, -0.05) is 18.2 Å². The van der Waals surface area contributed by atoms with Crippen molar-refractivity contribution in [2.24, 2.45) is 0 Å². The van der Waals surface area contributed by atoms with Crippen LogP contribution >= 0.6 is 0 Å². The van der Waals surface area contributed by atoms with Crippen LogP contribution in [0.5, 0.6) is 11.5 Å². The van der Waals surface area contributed by atoms with Gasteiger partial charge in [0.2, 0.25) is 0 Å². The molecule has 0 heterocycles. The third kappa shape index (κ3) is 4.60. The highest BCUT2D eigenvalue weighted by Crippen LogP contribution is 2.21. The third-order valence-electron chi connectivity index (χ3n) is 3.27. The van der Waals surface area contributed by atoms with E-state index in [1.54, 1.807) is 31.2 Å². The van der Waals surface area contributed by atoms with E-state index < -0.39 is 0 Å². The number of carbonyl (C=O) groups is 1. The minimum absolute atomic E-state index is 0.00219. The Kier molecular flexibility index (Phi) is 5.98. The number of nitrogens with zero attached hydrogens (tertiary/aromatic N) is 1. The SMILES string of the molecule is COCCCN(C)C(=O)c1ccc(Oc2ccccc2)cc1. The van der Waals surface area contributed by atoms with Crippen LogP contribution in [-0.2, 0) is 4.74 Å². The van der Waals surface area contributed by atoms with Gasteiger partial charge in [0.15, 0.2) is 0 Å². The van der Waals surface area contributed by atoms with E-state index in [1.807, 2.05) is 42.5 Å². The Morgan fingerprint density at radius 2 is 1.64 bits per heavy atom. The van der Waals surface area contributed by atoms with Gasteiger partial charge in [-0.25, -0.2) is 0 Å². The number of para-hydroxylation sites is 1. The number of amides is 1. The van der Waals surface area contributed by atoms with Crippen molar-refractivity contribution in [3.05, 3.63) is 60.2 Å². The largest absolute Gasteiger partial charge is 0.457 e. The van der Waals surface area contributed by atoms with Crippen LogP contribution in [-0.4, -0.2) is 38.1 Å². The van der Waals surface area contributed by atoms with Gasteiger partial charge in [0.25, 0.3) is 5.91 Å². The highest BCUT2D eigenvalue weighted by molar-refractivity contribution is 5.94. The number of hydrogen-bond acceptors (Lipinski definition) is 3. The zero-order valence-electron chi connectivity index (χ0n) is 13.0. The van der Waals surface area contributed by atoms with Gasteiger partial charge in [-0.2, -0.15) is 0 Å². The van der Waals surface area contributed by atoms with Crippen LogP contribution in [0.25, 0.3) is 0 Å². The first-order chi connectivity index (χ1) is 10.7. The normalized spacial score (nSPS) is 10.3. The summed E-state index contributed by atoms with van der Waals surface area (Å²) in [7, 11) is 3.46. The summed E-state index contributed by atoms with van der Waals surface area (Å²) in [6.45, 7) is 1.33. The predicted molar refractivity (Wildman–Crippen MR) is 86.4 cm³/mol. The van der Waals surface area contributed by atoms with E-state index in [4.69, 9.17) is 9.47 Å². The topological polar surface area (TPSA) is 38.8 Å². The lowest BCUT2D eigenvalue weighted by Gasteiger charge is -2.17. The lowest BCUT2D eigenvalue weighted by molar-refractivity contribution is 0.0779. The summed E-state index contributed by atoms with van der Waals surface area (Å²) in [6.07, 6.45) is 0.827. The Balaban J connectivity index is 1.94. The van der Waals surface area contributed by atoms with Crippen molar-refractivity contribution in [1.82, 2.24) is 4.90 Å². The Hall–Kier alpha value is -2.33. The Morgan fingerprint density at radius 1 is 1.00 bits per heavy atom. The molecule has 0 aliphatic rings. The molecule has 2 aromatic carbocycles. The van der Waals surface area contributed by atoms with Gasteiger partial charge >= 0.3 is 0 Å². The van der Waals surface area contributed by atoms with Crippen LogP contribution in [0.15, 0.2) is 54.6 Å². The summed E-state index contributed by atoms with van der Waals surface area (Å²) in [5, 5.41) is 0. The van der Waals surface area contributed by atoms with Crippen LogP contribution in [0.4, 0.5) is 0 Å². The first-order valence-electron chi connectivity index (χ1n) is 7.28. The fourth-order valence-electron chi connectivity index (χ4n) is 2.06. The zero-order chi connectivity index (χ0) is 15.8. The fourth-order valence-corrected chi connectivity index (χ4v) is 2.06. The van der Waals surface area contributed by atoms with Gasteiger partial charge in [-0.3, -0.25) is 4.79 Å². The number of carbonyl (C=O) groups excluding carboxylic acids is 1. The molecular formula is C18H21NO3. The summed E-state index contributed by atoms with van der Waals surface area (Å²) < 4.78 is 10.7. The molecule has 22 heavy (non-hydrogen) atoms. The van der Waals surface area contributed by atoms with Crippen LogP contribution in [0, 0.1) is 0 Å². The molecule has 0 saturated heterocycles. The van der Waals surface area contributed by atoms with Crippen molar-refractivity contribution in [3.8, 4) is 11.5 Å². The number of ether oxygens (including phenoxy) is 2. The van der Waals surface area contributed by atoms with E-state index in [2.05, 4.69) is 0 Å². The molecule has 0 saturated carbocycles. The van der Waals surface area contributed by atoms with Gasteiger partial charge in [0, 0.05) is 32.9 Å². The average molecular weight is 299 g/mol. The van der Waals surface area contributed by atoms with Crippen molar-refractivity contribution in [1.29, 1.82) is 0 Å². The van der Waals surface area contributed by atoms with Crippen molar-refractivity contribution in [2.75, 3.05) is 27.3 Å². The zero-order valence-corrected chi connectivity index (χ0v) is 13.0. The van der Waals surface area contributed by atoms with Crippen molar-refractivity contribution >= 4 is 5.91 Å². The summed E-state index contributed by atoms with van der Waals surface area (Å²) in [5.41, 5.74) is 0.653. The van der Waals surface area contributed by atoms with Crippen LogP contribution in [0.3, 0.4) is 0 Å². The van der Waals surface area contributed by atoms with Crippen LogP contribution < -0.4 is 4.74 Å².